The quantitative estimate of drug-likeness (QED) is 0.847. The van der Waals surface area contributed by atoms with Crippen LogP contribution in [0.15, 0.2) is 22.9 Å². The number of carbonyl (C=O) groups is 1. The van der Waals surface area contributed by atoms with Crippen molar-refractivity contribution in [3.63, 3.8) is 0 Å². The highest BCUT2D eigenvalue weighted by Gasteiger charge is 2.37. The van der Waals surface area contributed by atoms with E-state index >= 15 is 0 Å². The molecule has 1 aromatic rings. The van der Waals surface area contributed by atoms with Crippen molar-refractivity contribution in [3.05, 3.63) is 22.9 Å². The van der Waals surface area contributed by atoms with E-state index < -0.39 is 0 Å². The Bertz CT molecular complexity index is 504. The van der Waals surface area contributed by atoms with Gasteiger partial charge in [0.15, 0.2) is 0 Å². The van der Waals surface area contributed by atoms with Crippen LogP contribution in [-0.2, 0) is 4.79 Å². The monoisotopic (exact) mass is 338 g/mol. The van der Waals surface area contributed by atoms with Crippen molar-refractivity contribution in [2.75, 3.05) is 13.1 Å². The average Bonchev–Trinajstić information content (AvgIpc) is 3.18. The molecule has 1 amide bonds. The Hall–Kier alpha value is -1.10. The number of pyridine rings is 1. The lowest BCUT2D eigenvalue weighted by Crippen LogP contribution is -2.35. The van der Waals surface area contributed by atoms with Crippen LogP contribution in [0.1, 0.15) is 26.2 Å². The highest BCUT2D eigenvalue weighted by molar-refractivity contribution is 9.10. The standard InChI is InChI=1S/C15H19BrN2O2/c1-10(11-2-3-11)15(19)18-5-4-13(9-18)20-14-6-12(16)7-17-8-14/h6-8,10-11,13H,2-5,9H2,1H3/t10-,13-/m1/s1. The van der Waals surface area contributed by atoms with E-state index in [4.69, 9.17) is 4.74 Å². The Labute approximate surface area is 127 Å². The first kappa shape index (κ1) is 13.9. The summed E-state index contributed by atoms with van der Waals surface area (Å²) in [4.78, 5) is 18.4. The molecule has 20 heavy (non-hydrogen) atoms. The molecule has 3 rings (SSSR count). The molecule has 1 aromatic heterocycles. The minimum Gasteiger partial charge on any atom is -0.487 e. The number of amides is 1. The van der Waals surface area contributed by atoms with Crippen molar-refractivity contribution in [3.8, 4) is 5.75 Å². The van der Waals surface area contributed by atoms with Crippen LogP contribution >= 0.6 is 15.9 Å². The molecule has 2 aliphatic rings. The first-order chi connectivity index (χ1) is 9.63. The maximum absolute atomic E-state index is 12.3. The van der Waals surface area contributed by atoms with E-state index in [1.807, 2.05) is 11.0 Å². The fraction of sp³-hybridized carbons (Fsp3) is 0.600. The lowest BCUT2D eigenvalue weighted by atomic mass is 10.1. The van der Waals surface area contributed by atoms with Gasteiger partial charge in [-0.2, -0.15) is 0 Å². The summed E-state index contributed by atoms with van der Waals surface area (Å²) >= 11 is 3.38. The Balaban J connectivity index is 1.55. The molecule has 0 radical (unpaired) electrons. The molecular formula is C15H19BrN2O2. The third-order valence-electron chi connectivity index (χ3n) is 4.16. The van der Waals surface area contributed by atoms with Gasteiger partial charge >= 0.3 is 0 Å². The summed E-state index contributed by atoms with van der Waals surface area (Å²) in [7, 11) is 0. The van der Waals surface area contributed by atoms with Crippen LogP contribution < -0.4 is 4.74 Å². The van der Waals surface area contributed by atoms with Gasteiger partial charge in [-0.05, 0) is 40.8 Å². The normalized spacial score (nSPS) is 23.7. The minimum atomic E-state index is 0.0847. The number of ether oxygens (including phenoxy) is 1. The Morgan fingerprint density at radius 2 is 2.25 bits per heavy atom. The van der Waals surface area contributed by atoms with Gasteiger partial charge in [-0.3, -0.25) is 9.78 Å². The molecule has 0 bridgehead atoms. The lowest BCUT2D eigenvalue weighted by molar-refractivity contribution is -0.134. The van der Waals surface area contributed by atoms with Gasteiger partial charge in [0.05, 0.1) is 12.7 Å². The van der Waals surface area contributed by atoms with Gasteiger partial charge in [0.1, 0.15) is 11.9 Å². The van der Waals surface area contributed by atoms with Crippen LogP contribution in [0.5, 0.6) is 5.75 Å². The van der Waals surface area contributed by atoms with Crippen LogP contribution in [0.4, 0.5) is 0 Å². The van der Waals surface area contributed by atoms with Crippen LogP contribution in [0, 0.1) is 11.8 Å². The highest BCUT2D eigenvalue weighted by Crippen LogP contribution is 2.37. The molecule has 0 unspecified atom stereocenters. The molecule has 4 nitrogen and oxygen atoms in total. The molecule has 1 saturated heterocycles. The van der Waals surface area contributed by atoms with Crippen molar-refractivity contribution in [1.82, 2.24) is 9.88 Å². The third-order valence-corrected chi connectivity index (χ3v) is 4.59. The second-order valence-corrected chi connectivity index (χ2v) is 6.69. The van der Waals surface area contributed by atoms with Crippen molar-refractivity contribution >= 4 is 21.8 Å². The molecule has 5 heteroatoms. The zero-order valence-corrected chi connectivity index (χ0v) is 13.2. The Morgan fingerprint density at radius 1 is 1.45 bits per heavy atom. The van der Waals surface area contributed by atoms with Crippen molar-refractivity contribution in [1.29, 1.82) is 0 Å². The average molecular weight is 339 g/mol. The predicted octanol–water partition coefficient (Wildman–Crippen LogP) is 2.87. The molecule has 2 fully saturated rings. The second-order valence-electron chi connectivity index (χ2n) is 5.78. The van der Waals surface area contributed by atoms with E-state index in [9.17, 15) is 4.79 Å². The molecule has 2 atom stereocenters. The fourth-order valence-electron chi connectivity index (χ4n) is 2.76. The number of hydrogen-bond donors (Lipinski definition) is 0. The molecule has 1 aliphatic carbocycles. The Kier molecular flexibility index (Phi) is 3.96. The lowest BCUT2D eigenvalue weighted by Gasteiger charge is -2.21. The molecule has 1 saturated carbocycles. The summed E-state index contributed by atoms with van der Waals surface area (Å²) < 4.78 is 6.81. The molecule has 0 spiro atoms. The van der Waals surface area contributed by atoms with Crippen molar-refractivity contribution in [2.24, 2.45) is 11.8 Å². The van der Waals surface area contributed by atoms with Gasteiger partial charge in [-0.25, -0.2) is 0 Å². The molecule has 1 aliphatic heterocycles. The molecule has 0 aromatic carbocycles. The summed E-state index contributed by atoms with van der Waals surface area (Å²) in [5.74, 6) is 1.86. The zero-order valence-electron chi connectivity index (χ0n) is 11.6. The van der Waals surface area contributed by atoms with Gasteiger partial charge in [-0.1, -0.05) is 6.92 Å². The van der Waals surface area contributed by atoms with Crippen LogP contribution in [0.25, 0.3) is 0 Å². The molecule has 0 N–H and O–H groups in total. The SMILES string of the molecule is C[C@@H](C(=O)N1CC[C@@H](Oc2cncc(Br)c2)C1)C1CC1. The van der Waals surface area contributed by atoms with Gasteiger partial charge in [-0.15, -0.1) is 0 Å². The smallest absolute Gasteiger partial charge is 0.225 e. The predicted molar refractivity (Wildman–Crippen MR) is 79.4 cm³/mol. The summed E-state index contributed by atoms with van der Waals surface area (Å²) in [5, 5.41) is 0. The topological polar surface area (TPSA) is 42.4 Å². The van der Waals surface area contributed by atoms with E-state index in [0.29, 0.717) is 18.4 Å². The maximum Gasteiger partial charge on any atom is 0.225 e. The van der Waals surface area contributed by atoms with E-state index in [0.717, 1.165) is 23.2 Å². The summed E-state index contributed by atoms with van der Waals surface area (Å²) in [5.41, 5.74) is 0. The summed E-state index contributed by atoms with van der Waals surface area (Å²) in [6, 6.07) is 1.91. The van der Waals surface area contributed by atoms with E-state index in [1.165, 1.54) is 12.8 Å². The van der Waals surface area contributed by atoms with Gasteiger partial charge in [0.2, 0.25) is 5.91 Å². The number of rotatable bonds is 4. The number of halogens is 1. The second kappa shape index (κ2) is 5.72. The fourth-order valence-corrected chi connectivity index (χ4v) is 3.10. The minimum absolute atomic E-state index is 0.0847. The Morgan fingerprint density at radius 3 is 2.95 bits per heavy atom. The van der Waals surface area contributed by atoms with Gasteiger partial charge in [0.25, 0.3) is 0 Å². The first-order valence-corrected chi connectivity index (χ1v) is 7.99. The van der Waals surface area contributed by atoms with E-state index in [1.54, 1.807) is 12.4 Å². The van der Waals surface area contributed by atoms with Gasteiger partial charge in [0, 0.05) is 29.6 Å². The number of aromatic nitrogens is 1. The van der Waals surface area contributed by atoms with Crippen molar-refractivity contribution in [2.45, 2.75) is 32.3 Å². The van der Waals surface area contributed by atoms with Crippen LogP contribution in [0.3, 0.4) is 0 Å². The number of hydrogen-bond acceptors (Lipinski definition) is 3. The van der Waals surface area contributed by atoms with Gasteiger partial charge < -0.3 is 9.64 Å². The number of carbonyl (C=O) groups excluding carboxylic acids is 1. The molecule has 2 heterocycles. The van der Waals surface area contributed by atoms with Crippen LogP contribution in [-0.4, -0.2) is 35.0 Å². The number of likely N-dealkylation sites (tertiary alicyclic amines) is 1. The summed E-state index contributed by atoms with van der Waals surface area (Å²) in [6.45, 7) is 3.57. The van der Waals surface area contributed by atoms with E-state index in [-0.39, 0.29) is 12.0 Å². The number of nitrogens with zero attached hydrogens (tertiary/aromatic N) is 2. The molecule has 108 valence electrons. The molecular weight excluding hydrogens is 320 g/mol. The third kappa shape index (κ3) is 3.14. The van der Waals surface area contributed by atoms with Crippen LogP contribution in [0.2, 0.25) is 0 Å². The van der Waals surface area contributed by atoms with E-state index in [2.05, 4.69) is 27.8 Å². The zero-order chi connectivity index (χ0) is 14.1. The maximum atomic E-state index is 12.3. The summed E-state index contributed by atoms with van der Waals surface area (Å²) in [6.07, 6.45) is 6.85. The largest absolute Gasteiger partial charge is 0.487 e. The van der Waals surface area contributed by atoms with Crippen molar-refractivity contribution < 1.29 is 9.53 Å². The first-order valence-electron chi connectivity index (χ1n) is 7.19. The highest BCUT2D eigenvalue weighted by atomic mass is 79.9.